The standard InChI is InChI=1S/C20H16N2O2/c1-23-19-8-7-15(11-20(19)24-2)17(12-21)10-14-9-16-5-3-4-6-18(16)22-13-14/h3-11,13H,1-2H3/b17-10+. The van der Waals surface area contributed by atoms with Crippen molar-refractivity contribution in [1.82, 2.24) is 4.98 Å². The number of nitrogens with zero attached hydrogens (tertiary/aromatic N) is 2. The molecule has 0 saturated carbocycles. The molecule has 0 spiro atoms. The van der Waals surface area contributed by atoms with Crippen molar-refractivity contribution in [2.75, 3.05) is 14.2 Å². The van der Waals surface area contributed by atoms with E-state index in [0.717, 1.165) is 22.0 Å². The number of methoxy groups -OCH3 is 2. The number of rotatable bonds is 4. The van der Waals surface area contributed by atoms with E-state index in [9.17, 15) is 5.26 Å². The number of hydrogen-bond donors (Lipinski definition) is 0. The summed E-state index contributed by atoms with van der Waals surface area (Å²) in [5, 5.41) is 10.6. The number of ether oxygens (including phenoxy) is 2. The lowest BCUT2D eigenvalue weighted by atomic mass is 10.0. The summed E-state index contributed by atoms with van der Waals surface area (Å²) in [5.74, 6) is 1.22. The molecule has 0 radical (unpaired) electrons. The van der Waals surface area contributed by atoms with E-state index in [1.165, 1.54) is 0 Å². The smallest absolute Gasteiger partial charge is 0.161 e. The van der Waals surface area contributed by atoms with E-state index in [1.807, 2.05) is 42.5 Å². The molecule has 3 aromatic rings. The van der Waals surface area contributed by atoms with Crippen LogP contribution < -0.4 is 9.47 Å². The van der Waals surface area contributed by atoms with Gasteiger partial charge in [0.2, 0.25) is 0 Å². The molecule has 3 rings (SSSR count). The summed E-state index contributed by atoms with van der Waals surface area (Å²) >= 11 is 0. The normalized spacial score (nSPS) is 11.1. The highest BCUT2D eigenvalue weighted by Gasteiger charge is 2.08. The second kappa shape index (κ2) is 6.84. The van der Waals surface area contributed by atoms with Gasteiger partial charge in [-0.05, 0) is 47.5 Å². The van der Waals surface area contributed by atoms with Crippen LogP contribution in [0.4, 0.5) is 0 Å². The Morgan fingerprint density at radius 3 is 2.58 bits per heavy atom. The van der Waals surface area contributed by atoms with Gasteiger partial charge in [-0.25, -0.2) is 0 Å². The fraction of sp³-hybridized carbons (Fsp3) is 0.100. The maximum Gasteiger partial charge on any atom is 0.161 e. The Balaban J connectivity index is 2.04. The van der Waals surface area contributed by atoms with Crippen LogP contribution in [-0.2, 0) is 0 Å². The summed E-state index contributed by atoms with van der Waals surface area (Å²) in [6, 6.07) is 17.6. The fourth-order valence-electron chi connectivity index (χ4n) is 2.52. The summed E-state index contributed by atoms with van der Waals surface area (Å²) in [7, 11) is 3.16. The largest absolute Gasteiger partial charge is 0.493 e. The van der Waals surface area contributed by atoms with Gasteiger partial charge in [-0.3, -0.25) is 4.98 Å². The predicted molar refractivity (Wildman–Crippen MR) is 94.8 cm³/mol. The lowest BCUT2D eigenvalue weighted by Gasteiger charge is -2.09. The van der Waals surface area contributed by atoms with Crippen molar-refractivity contribution >= 4 is 22.6 Å². The van der Waals surface area contributed by atoms with Gasteiger partial charge in [0.15, 0.2) is 11.5 Å². The molecule has 2 aromatic carbocycles. The minimum atomic E-state index is 0.535. The number of nitriles is 1. The van der Waals surface area contributed by atoms with Crippen molar-refractivity contribution in [3.63, 3.8) is 0 Å². The van der Waals surface area contributed by atoms with Gasteiger partial charge in [0.1, 0.15) is 0 Å². The number of fused-ring (bicyclic) bond motifs is 1. The first-order chi connectivity index (χ1) is 11.7. The third kappa shape index (κ3) is 3.06. The zero-order valence-electron chi connectivity index (χ0n) is 13.5. The van der Waals surface area contributed by atoms with Crippen molar-refractivity contribution in [2.24, 2.45) is 0 Å². The summed E-state index contributed by atoms with van der Waals surface area (Å²) in [6.45, 7) is 0. The summed E-state index contributed by atoms with van der Waals surface area (Å²) in [5.41, 5.74) is 3.11. The van der Waals surface area contributed by atoms with Crippen molar-refractivity contribution in [3.8, 4) is 17.6 Å². The molecule has 0 aliphatic heterocycles. The maximum absolute atomic E-state index is 9.53. The van der Waals surface area contributed by atoms with E-state index in [-0.39, 0.29) is 0 Å². The Labute approximate surface area is 140 Å². The highest BCUT2D eigenvalue weighted by atomic mass is 16.5. The fourth-order valence-corrected chi connectivity index (χ4v) is 2.52. The lowest BCUT2D eigenvalue weighted by Crippen LogP contribution is -1.92. The van der Waals surface area contributed by atoms with Crippen LogP contribution in [-0.4, -0.2) is 19.2 Å². The van der Waals surface area contributed by atoms with Crippen LogP contribution in [0.5, 0.6) is 11.5 Å². The summed E-state index contributed by atoms with van der Waals surface area (Å²) in [6.07, 6.45) is 3.58. The van der Waals surface area contributed by atoms with Crippen molar-refractivity contribution in [3.05, 3.63) is 65.9 Å². The molecular weight excluding hydrogens is 300 g/mol. The first-order valence-electron chi connectivity index (χ1n) is 7.44. The van der Waals surface area contributed by atoms with Gasteiger partial charge < -0.3 is 9.47 Å². The monoisotopic (exact) mass is 316 g/mol. The number of allylic oxidation sites excluding steroid dienone is 1. The minimum Gasteiger partial charge on any atom is -0.493 e. The molecule has 0 saturated heterocycles. The van der Waals surface area contributed by atoms with E-state index >= 15 is 0 Å². The van der Waals surface area contributed by atoms with Gasteiger partial charge in [-0.2, -0.15) is 5.26 Å². The number of aromatic nitrogens is 1. The van der Waals surface area contributed by atoms with Gasteiger partial charge in [0.05, 0.1) is 31.4 Å². The molecule has 1 heterocycles. The van der Waals surface area contributed by atoms with Crippen LogP contribution in [0.3, 0.4) is 0 Å². The van der Waals surface area contributed by atoms with Crippen LogP contribution in [0.15, 0.2) is 54.7 Å². The first kappa shape index (κ1) is 15.6. The van der Waals surface area contributed by atoms with Gasteiger partial charge in [-0.1, -0.05) is 18.2 Å². The molecule has 4 heteroatoms. The van der Waals surface area contributed by atoms with Crippen molar-refractivity contribution in [1.29, 1.82) is 5.26 Å². The van der Waals surface area contributed by atoms with E-state index in [2.05, 4.69) is 11.1 Å². The van der Waals surface area contributed by atoms with Gasteiger partial charge >= 0.3 is 0 Å². The zero-order chi connectivity index (χ0) is 16.9. The van der Waals surface area contributed by atoms with Crippen LogP contribution in [0.1, 0.15) is 11.1 Å². The number of pyridine rings is 1. The Bertz CT molecular complexity index is 955. The SMILES string of the molecule is COc1ccc(/C(C#N)=C/c2cnc3ccccc3c2)cc1OC. The van der Waals surface area contributed by atoms with Crippen LogP contribution in [0.25, 0.3) is 22.6 Å². The molecule has 0 bridgehead atoms. The Hall–Kier alpha value is -3.32. The second-order valence-electron chi connectivity index (χ2n) is 5.20. The highest BCUT2D eigenvalue weighted by molar-refractivity contribution is 5.91. The molecule has 0 fully saturated rings. The summed E-state index contributed by atoms with van der Waals surface area (Å²) < 4.78 is 10.5. The third-order valence-electron chi connectivity index (χ3n) is 3.74. The third-order valence-corrected chi connectivity index (χ3v) is 3.74. The molecule has 4 nitrogen and oxygen atoms in total. The van der Waals surface area contributed by atoms with Crippen molar-refractivity contribution < 1.29 is 9.47 Å². The average molecular weight is 316 g/mol. The molecule has 0 N–H and O–H groups in total. The van der Waals surface area contributed by atoms with E-state index in [4.69, 9.17) is 9.47 Å². The Morgan fingerprint density at radius 1 is 1.04 bits per heavy atom. The first-order valence-corrected chi connectivity index (χ1v) is 7.44. The molecule has 118 valence electrons. The number of benzene rings is 2. The van der Waals surface area contributed by atoms with Gasteiger partial charge in [0, 0.05) is 11.6 Å². The summed E-state index contributed by atoms with van der Waals surface area (Å²) in [4.78, 5) is 4.42. The number of para-hydroxylation sites is 1. The van der Waals surface area contributed by atoms with Crippen LogP contribution in [0.2, 0.25) is 0 Å². The van der Waals surface area contributed by atoms with Gasteiger partial charge in [-0.15, -0.1) is 0 Å². The molecule has 0 aliphatic rings. The predicted octanol–water partition coefficient (Wildman–Crippen LogP) is 4.32. The molecule has 0 aliphatic carbocycles. The van der Waals surface area contributed by atoms with E-state index in [0.29, 0.717) is 17.1 Å². The van der Waals surface area contributed by atoms with E-state index < -0.39 is 0 Å². The topological polar surface area (TPSA) is 55.1 Å². The molecule has 1 aromatic heterocycles. The van der Waals surface area contributed by atoms with E-state index in [1.54, 1.807) is 32.5 Å². The quantitative estimate of drug-likeness (QED) is 0.673. The Morgan fingerprint density at radius 2 is 1.83 bits per heavy atom. The van der Waals surface area contributed by atoms with Crippen LogP contribution >= 0.6 is 0 Å². The van der Waals surface area contributed by atoms with Gasteiger partial charge in [0.25, 0.3) is 0 Å². The zero-order valence-corrected chi connectivity index (χ0v) is 13.5. The van der Waals surface area contributed by atoms with Crippen LogP contribution in [0, 0.1) is 11.3 Å². The maximum atomic E-state index is 9.53. The lowest BCUT2D eigenvalue weighted by molar-refractivity contribution is 0.355. The molecule has 0 atom stereocenters. The average Bonchev–Trinajstić information content (AvgIpc) is 2.65. The Kier molecular flexibility index (Phi) is 4.44. The highest BCUT2D eigenvalue weighted by Crippen LogP contribution is 2.31. The minimum absolute atomic E-state index is 0.535. The number of hydrogen-bond acceptors (Lipinski definition) is 4. The van der Waals surface area contributed by atoms with Crippen molar-refractivity contribution in [2.45, 2.75) is 0 Å². The molecular formula is C20H16N2O2. The molecule has 0 unspecified atom stereocenters. The molecule has 0 amide bonds. The molecule has 24 heavy (non-hydrogen) atoms. The second-order valence-corrected chi connectivity index (χ2v) is 5.20.